The normalized spacial score (nSPS) is 16.6. The summed E-state index contributed by atoms with van der Waals surface area (Å²) in [6.45, 7) is 4.05. The van der Waals surface area contributed by atoms with E-state index in [1.165, 1.54) is 0 Å². The highest BCUT2D eigenvalue weighted by atomic mass is 19.4. The fourth-order valence-corrected chi connectivity index (χ4v) is 4.21. The lowest BCUT2D eigenvalue weighted by molar-refractivity contribution is -0.144. The van der Waals surface area contributed by atoms with Gasteiger partial charge in [0.2, 0.25) is 5.91 Å². The number of fused-ring (bicyclic) bond motifs is 2. The van der Waals surface area contributed by atoms with Crippen LogP contribution in [0.2, 0.25) is 0 Å². The zero-order valence-electron chi connectivity index (χ0n) is 18.5. The average molecular weight is 473 g/mol. The van der Waals surface area contributed by atoms with Crippen molar-refractivity contribution in [2.75, 3.05) is 11.9 Å². The Balaban J connectivity index is 1.29. The predicted molar refractivity (Wildman–Crippen MR) is 116 cm³/mol. The van der Waals surface area contributed by atoms with E-state index in [0.717, 1.165) is 40.8 Å². The fraction of sp³-hybridized carbons (Fsp3) is 0.409. The van der Waals surface area contributed by atoms with Crippen molar-refractivity contribution in [3.8, 4) is 0 Å². The number of nitrogens with zero attached hydrogens (tertiary/aromatic N) is 5. The van der Waals surface area contributed by atoms with E-state index in [1.54, 1.807) is 19.9 Å². The molecule has 1 atom stereocenters. The maximum atomic E-state index is 13.0. The third-order valence-electron chi connectivity index (χ3n) is 5.92. The molecule has 3 aromatic heterocycles. The molecule has 0 bridgehead atoms. The van der Waals surface area contributed by atoms with Crippen LogP contribution in [0.4, 0.5) is 18.9 Å². The number of halogens is 3. The zero-order chi connectivity index (χ0) is 24.0. The first-order valence-corrected chi connectivity index (χ1v) is 10.9. The number of H-pyrrole nitrogens is 1. The summed E-state index contributed by atoms with van der Waals surface area (Å²) in [5.74, 6) is -0.807. The van der Waals surface area contributed by atoms with Crippen molar-refractivity contribution in [1.82, 2.24) is 29.5 Å². The van der Waals surface area contributed by atoms with E-state index in [2.05, 4.69) is 30.4 Å². The zero-order valence-corrected chi connectivity index (χ0v) is 18.5. The smallest absolute Gasteiger partial charge is 0.370 e. The van der Waals surface area contributed by atoms with Gasteiger partial charge >= 0.3 is 6.18 Å². The quantitative estimate of drug-likeness (QED) is 0.452. The maximum Gasteiger partial charge on any atom is 0.453 e. The Morgan fingerprint density at radius 2 is 2.09 bits per heavy atom. The molecule has 1 unspecified atom stereocenters. The number of nitrogens with one attached hydrogen (secondary N) is 2. The minimum atomic E-state index is -4.66. The summed E-state index contributed by atoms with van der Waals surface area (Å²) in [6, 6.07) is 5.42. The molecule has 12 heteroatoms. The Kier molecular flexibility index (Phi) is 5.47. The molecule has 5 rings (SSSR count). The molecule has 0 radical (unpaired) electrons. The predicted octanol–water partition coefficient (Wildman–Crippen LogP) is 4.06. The maximum absolute atomic E-state index is 13.0. The molecule has 1 fully saturated rings. The van der Waals surface area contributed by atoms with E-state index in [4.69, 9.17) is 4.74 Å². The minimum Gasteiger partial charge on any atom is -0.370 e. The highest BCUT2D eigenvalue weighted by Gasteiger charge is 2.37. The second-order valence-electron chi connectivity index (χ2n) is 8.31. The van der Waals surface area contributed by atoms with E-state index in [1.807, 2.05) is 12.1 Å². The molecule has 1 amide bonds. The Labute approximate surface area is 191 Å². The molecule has 4 heterocycles. The van der Waals surface area contributed by atoms with Crippen molar-refractivity contribution in [3.05, 3.63) is 46.8 Å². The van der Waals surface area contributed by atoms with Crippen LogP contribution < -0.4 is 5.32 Å². The van der Waals surface area contributed by atoms with E-state index in [-0.39, 0.29) is 24.2 Å². The van der Waals surface area contributed by atoms with Crippen LogP contribution in [0.5, 0.6) is 0 Å². The Bertz CT molecular complexity index is 1390. The summed E-state index contributed by atoms with van der Waals surface area (Å²) >= 11 is 0. The number of hydrogen-bond acceptors (Lipinski definition) is 6. The molecule has 0 saturated carbocycles. The lowest BCUT2D eigenvalue weighted by Gasteiger charge is -2.10. The van der Waals surface area contributed by atoms with Crippen molar-refractivity contribution < 1.29 is 22.7 Å². The van der Waals surface area contributed by atoms with Crippen molar-refractivity contribution >= 4 is 28.4 Å². The number of aryl methyl sites for hydroxylation is 2. The van der Waals surface area contributed by atoms with Gasteiger partial charge in [-0.05, 0) is 56.9 Å². The first-order chi connectivity index (χ1) is 16.2. The highest BCUT2D eigenvalue weighted by molar-refractivity contribution is 5.93. The SMILES string of the molecule is Cc1nc2nc(C(F)(F)F)nn2c(C)c1CCC(=O)Nc1ccc2nc(C3CCCO3)[nH]c2c1. The molecule has 1 aliphatic rings. The Hall–Kier alpha value is -3.54. The third-order valence-corrected chi connectivity index (χ3v) is 5.92. The first-order valence-electron chi connectivity index (χ1n) is 10.9. The van der Waals surface area contributed by atoms with Crippen LogP contribution in [0.15, 0.2) is 18.2 Å². The van der Waals surface area contributed by atoms with Gasteiger partial charge < -0.3 is 15.0 Å². The highest BCUT2D eigenvalue weighted by Crippen LogP contribution is 2.29. The van der Waals surface area contributed by atoms with E-state index in [9.17, 15) is 18.0 Å². The fourth-order valence-electron chi connectivity index (χ4n) is 4.21. The summed E-state index contributed by atoms with van der Waals surface area (Å²) < 4.78 is 45.6. The second kappa shape index (κ2) is 8.35. The van der Waals surface area contributed by atoms with Gasteiger partial charge in [0.05, 0.1) is 11.0 Å². The van der Waals surface area contributed by atoms with Crippen molar-refractivity contribution in [3.63, 3.8) is 0 Å². The standard InChI is InChI=1S/C22H22F3N7O2/c1-11-14(12(2)32-21(26-11)30-20(31-32)22(23,24)25)6-8-18(33)27-13-5-7-15-16(10-13)29-19(28-15)17-4-3-9-34-17/h5,7,10,17H,3-4,6,8-9H2,1-2H3,(H,27,33)(H,28,29). The van der Waals surface area contributed by atoms with Crippen LogP contribution in [-0.4, -0.2) is 42.1 Å². The largest absolute Gasteiger partial charge is 0.453 e. The van der Waals surface area contributed by atoms with Gasteiger partial charge in [-0.3, -0.25) is 4.79 Å². The Morgan fingerprint density at radius 1 is 1.26 bits per heavy atom. The number of amides is 1. The molecular weight excluding hydrogens is 451 g/mol. The number of benzene rings is 1. The van der Waals surface area contributed by atoms with Gasteiger partial charge in [0.15, 0.2) is 0 Å². The lowest BCUT2D eigenvalue weighted by atomic mass is 10.1. The van der Waals surface area contributed by atoms with Gasteiger partial charge in [0.1, 0.15) is 11.9 Å². The van der Waals surface area contributed by atoms with Crippen LogP contribution >= 0.6 is 0 Å². The van der Waals surface area contributed by atoms with Crippen LogP contribution in [0.25, 0.3) is 16.8 Å². The van der Waals surface area contributed by atoms with E-state index in [0.29, 0.717) is 29.1 Å². The second-order valence-corrected chi connectivity index (χ2v) is 8.31. The summed E-state index contributed by atoms with van der Waals surface area (Å²) in [5, 5.41) is 6.40. The van der Waals surface area contributed by atoms with Crippen LogP contribution in [0.3, 0.4) is 0 Å². The number of imidazole rings is 1. The number of rotatable bonds is 5. The van der Waals surface area contributed by atoms with E-state index >= 15 is 0 Å². The molecule has 178 valence electrons. The van der Waals surface area contributed by atoms with Crippen molar-refractivity contribution in [2.45, 2.75) is 51.8 Å². The molecule has 1 saturated heterocycles. The molecule has 34 heavy (non-hydrogen) atoms. The molecule has 4 aromatic rings. The van der Waals surface area contributed by atoms with Gasteiger partial charge in [-0.2, -0.15) is 18.2 Å². The summed E-state index contributed by atoms with van der Waals surface area (Å²) in [4.78, 5) is 28.0. The van der Waals surface area contributed by atoms with Crippen LogP contribution in [0, 0.1) is 13.8 Å². The van der Waals surface area contributed by atoms with Gasteiger partial charge in [-0.25, -0.2) is 14.5 Å². The van der Waals surface area contributed by atoms with Crippen LogP contribution in [0.1, 0.15) is 54.0 Å². The van der Waals surface area contributed by atoms with Crippen molar-refractivity contribution in [1.29, 1.82) is 0 Å². The van der Waals surface area contributed by atoms with Gasteiger partial charge in [0.25, 0.3) is 11.6 Å². The number of anilines is 1. The van der Waals surface area contributed by atoms with E-state index < -0.39 is 12.0 Å². The third kappa shape index (κ3) is 4.20. The minimum absolute atomic E-state index is 0.0277. The lowest BCUT2D eigenvalue weighted by Crippen LogP contribution is -2.14. The van der Waals surface area contributed by atoms with Crippen LogP contribution in [-0.2, 0) is 22.1 Å². The number of hydrogen-bond donors (Lipinski definition) is 2. The summed E-state index contributed by atoms with van der Waals surface area (Å²) in [5.41, 5.74) is 3.86. The van der Waals surface area contributed by atoms with Gasteiger partial charge in [-0.15, -0.1) is 5.10 Å². The van der Waals surface area contributed by atoms with Crippen molar-refractivity contribution in [2.24, 2.45) is 0 Å². The monoisotopic (exact) mass is 473 g/mol. The number of carbonyl (C=O) groups is 1. The number of aromatic amines is 1. The topological polar surface area (TPSA) is 110 Å². The Morgan fingerprint density at radius 3 is 2.82 bits per heavy atom. The number of ether oxygens (including phenoxy) is 1. The molecule has 0 spiro atoms. The van der Waals surface area contributed by atoms with Gasteiger partial charge in [-0.1, -0.05) is 0 Å². The molecule has 9 nitrogen and oxygen atoms in total. The average Bonchev–Trinajstić information content (AvgIpc) is 3.51. The summed E-state index contributed by atoms with van der Waals surface area (Å²) in [6.07, 6.45) is -2.34. The summed E-state index contributed by atoms with van der Waals surface area (Å²) in [7, 11) is 0. The number of carbonyl (C=O) groups excluding carboxylic acids is 1. The molecule has 2 N–H and O–H groups in total. The number of aromatic nitrogens is 6. The molecule has 0 aliphatic carbocycles. The first kappa shape index (κ1) is 22.3. The molecular formula is C22H22F3N7O2. The number of alkyl halides is 3. The van der Waals surface area contributed by atoms with Gasteiger partial charge in [0, 0.05) is 30.1 Å². The molecule has 1 aromatic carbocycles. The molecule has 1 aliphatic heterocycles.